The van der Waals surface area contributed by atoms with Crippen molar-refractivity contribution in [2.24, 2.45) is 0 Å². The molecule has 2 heterocycles. The molecule has 0 bridgehead atoms. The van der Waals surface area contributed by atoms with Crippen molar-refractivity contribution in [2.75, 3.05) is 31.7 Å². The third kappa shape index (κ3) is 11.3. The summed E-state index contributed by atoms with van der Waals surface area (Å²) in [4.78, 5) is 18.5. The number of aromatic nitrogens is 4. The van der Waals surface area contributed by atoms with E-state index in [1.54, 1.807) is 12.1 Å². The number of nitrogens with one attached hydrogen (secondary N) is 3. The largest absolute Gasteiger partial charge is 0.490 e. The Morgan fingerprint density at radius 3 is 2.34 bits per heavy atom. The zero-order chi connectivity index (χ0) is 41.3. The van der Waals surface area contributed by atoms with Crippen molar-refractivity contribution in [1.82, 2.24) is 24.5 Å². The molecule has 3 N–H and O–H groups in total. The number of anilines is 1. The van der Waals surface area contributed by atoms with E-state index in [1.165, 1.54) is 16.3 Å². The van der Waals surface area contributed by atoms with E-state index in [0.29, 0.717) is 41.0 Å². The molecular weight excluding hydrogens is 752 g/mol. The Morgan fingerprint density at radius 1 is 0.964 bits per heavy atom. The summed E-state index contributed by atoms with van der Waals surface area (Å²) in [7, 11) is -4.15. The van der Waals surface area contributed by atoms with Crippen LogP contribution >= 0.6 is 11.6 Å². The fraction of sp³-hybridized carbons (Fsp3) is 0.595. The number of aryl methyl sites for hydroxylation is 1. The molecule has 56 heavy (non-hydrogen) atoms. The Bertz CT molecular complexity index is 2020. The summed E-state index contributed by atoms with van der Waals surface area (Å²) in [5.74, 6) is 0.492. The smallest absolute Gasteiger partial charge is 0.265 e. The number of sulfonamides is 1. The number of hydrogen-bond acceptors (Lipinski definition) is 8. The lowest BCUT2D eigenvalue weighted by Crippen LogP contribution is -2.34. The van der Waals surface area contributed by atoms with Crippen LogP contribution in [0.15, 0.2) is 41.3 Å². The standard InChI is InChI=1S/C42H63ClN6O6S/c1-11-15-16-17-18-35(55-33-21-19-30(41(7,8)12-2)25-32(33)42(9,10)13-3)40(50)45-31-20-22-34(54-24-23-53-14-4)36(26-31)56(51,52)44-27-28(5)38-46-39-37(43)29(6)47-49(39)48-38/h19-22,25-26,28,35,44,47H,11-18,23-24,27H2,1-10H3,(H,45,50). The molecule has 0 aliphatic rings. The van der Waals surface area contributed by atoms with Gasteiger partial charge < -0.3 is 19.5 Å². The lowest BCUT2D eigenvalue weighted by Gasteiger charge is -2.31. The van der Waals surface area contributed by atoms with E-state index in [1.807, 2.05) is 26.8 Å². The number of rotatable bonds is 23. The Hall–Kier alpha value is -3.65. The number of hydrogen-bond donors (Lipinski definition) is 3. The number of aromatic amines is 1. The molecule has 0 spiro atoms. The van der Waals surface area contributed by atoms with Gasteiger partial charge in [0.1, 0.15) is 28.0 Å². The summed E-state index contributed by atoms with van der Waals surface area (Å²) < 4.78 is 50.1. The highest BCUT2D eigenvalue weighted by molar-refractivity contribution is 7.89. The Kier molecular flexibility index (Phi) is 15.8. The van der Waals surface area contributed by atoms with Gasteiger partial charge in [-0.05, 0) is 80.2 Å². The van der Waals surface area contributed by atoms with Crippen molar-refractivity contribution in [3.8, 4) is 11.5 Å². The topological polar surface area (TPSA) is 149 Å². The normalized spacial score (nSPS) is 13.6. The molecule has 0 radical (unpaired) electrons. The fourth-order valence-corrected chi connectivity index (χ4v) is 7.62. The van der Waals surface area contributed by atoms with Crippen LogP contribution < -0.4 is 19.5 Å². The molecule has 0 saturated heterocycles. The zero-order valence-corrected chi connectivity index (χ0v) is 36.5. The van der Waals surface area contributed by atoms with Crippen molar-refractivity contribution in [3.63, 3.8) is 0 Å². The van der Waals surface area contributed by atoms with Gasteiger partial charge >= 0.3 is 0 Å². The number of unbranched alkanes of at least 4 members (excludes halogenated alkanes) is 3. The van der Waals surface area contributed by atoms with Gasteiger partial charge in [-0.3, -0.25) is 9.89 Å². The van der Waals surface area contributed by atoms with E-state index in [9.17, 15) is 13.2 Å². The highest BCUT2D eigenvalue weighted by atomic mass is 35.5. The summed E-state index contributed by atoms with van der Waals surface area (Å²) >= 11 is 6.35. The maximum atomic E-state index is 14.2. The predicted molar refractivity (Wildman–Crippen MR) is 224 cm³/mol. The predicted octanol–water partition coefficient (Wildman–Crippen LogP) is 9.25. The Labute approximate surface area is 338 Å². The van der Waals surface area contributed by atoms with Crippen LogP contribution in [0.3, 0.4) is 0 Å². The molecule has 0 aliphatic carbocycles. The molecule has 12 nitrogen and oxygen atoms in total. The monoisotopic (exact) mass is 814 g/mol. The van der Waals surface area contributed by atoms with Gasteiger partial charge in [-0.15, -0.1) is 5.10 Å². The van der Waals surface area contributed by atoms with E-state index < -0.39 is 22.0 Å². The average molecular weight is 816 g/mol. The molecule has 0 fully saturated rings. The number of fused-ring (bicyclic) bond motifs is 1. The minimum absolute atomic E-state index is 0.000577. The summed E-state index contributed by atoms with van der Waals surface area (Å²) in [6, 6.07) is 11.0. The van der Waals surface area contributed by atoms with E-state index in [0.717, 1.165) is 49.8 Å². The molecule has 2 aromatic heterocycles. The molecule has 0 saturated carbocycles. The van der Waals surface area contributed by atoms with Crippen molar-refractivity contribution in [1.29, 1.82) is 0 Å². The highest BCUT2D eigenvalue weighted by Crippen LogP contribution is 2.39. The number of ether oxygens (including phenoxy) is 3. The van der Waals surface area contributed by atoms with Crippen molar-refractivity contribution in [2.45, 2.75) is 142 Å². The third-order valence-electron chi connectivity index (χ3n) is 10.8. The van der Waals surface area contributed by atoms with Crippen LogP contribution in [0.2, 0.25) is 5.02 Å². The van der Waals surface area contributed by atoms with Crippen LogP contribution in [0.4, 0.5) is 5.69 Å². The molecular formula is C42H63ClN6O6S. The Morgan fingerprint density at radius 2 is 1.68 bits per heavy atom. The van der Waals surface area contributed by atoms with Gasteiger partial charge in [-0.25, -0.2) is 18.1 Å². The minimum atomic E-state index is -4.15. The number of benzene rings is 2. The Balaban J connectivity index is 1.62. The second kappa shape index (κ2) is 19.7. The van der Waals surface area contributed by atoms with Gasteiger partial charge in [0.25, 0.3) is 5.91 Å². The third-order valence-corrected chi connectivity index (χ3v) is 12.7. The van der Waals surface area contributed by atoms with Gasteiger partial charge in [0.05, 0.1) is 12.3 Å². The van der Waals surface area contributed by atoms with Crippen molar-refractivity contribution in [3.05, 3.63) is 64.1 Å². The van der Waals surface area contributed by atoms with Gasteiger partial charge in [0.15, 0.2) is 17.6 Å². The molecule has 14 heteroatoms. The van der Waals surface area contributed by atoms with E-state index in [4.69, 9.17) is 25.8 Å². The number of nitrogens with zero attached hydrogens (tertiary/aromatic N) is 3. The number of halogens is 1. The molecule has 1 amide bonds. The molecule has 2 atom stereocenters. The number of H-pyrrole nitrogens is 1. The lowest BCUT2D eigenvalue weighted by atomic mass is 9.76. The first-order valence-electron chi connectivity index (χ1n) is 20.0. The molecule has 2 unspecified atom stereocenters. The minimum Gasteiger partial charge on any atom is -0.490 e. The zero-order valence-electron chi connectivity index (χ0n) is 35.0. The van der Waals surface area contributed by atoms with Crippen LogP contribution in [-0.4, -0.2) is 66.6 Å². The maximum absolute atomic E-state index is 14.2. The SMILES string of the molecule is CCCCCCC(Oc1ccc(C(C)(C)CC)cc1C(C)(C)CC)C(=O)Nc1ccc(OCCOCC)c(S(=O)(=O)NCC(C)c2nc3c(Cl)c(C)[nH]n3n2)c1. The first kappa shape index (κ1) is 45.1. The fourth-order valence-electron chi connectivity index (χ4n) is 6.16. The quantitative estimate of drug-likeness (QED) is 0.0628. The molecule has 2 aromatic carbocycles. The molecule has 4 rings (SSSR count). The second-order valence-corrected chi connectivity index (χ2v) is 18.0. The number of carbonyl (C=O) groups is 1. The summed E-state index contributed by atoms with van der Waals surface area (Å²) in [6.45, 7) is 21.8. The first-order valence-corrected chi connectivity index (χ1v) is 21.9. The van der Waals surface area contributed by atoms with Crippen molar-refractivity contribution < 1.29 is 27.4 Å². The van der Waals surface area contributed by atoms with Gasteiger partial charge in [-0.1, -0.05) is 98.4 Å². The van der Waals surface area contributed by atoms with Gasteiger partial charge in [0.2, 0.25) is 10.0 Å². The molecule has 0 aliphatic heterocycles. The summed E-state index contributed by atoms with van der Waals surface area (Å²) in [5, 5.41) is 10.9. The van der Waals surface area contributed by atoms with Crippen LogP contribution in [0.25, 0.3) is 5.65 Å². The molecule has 310 valence electrons. The van der Waals surface area contributed by atoms with Crippen LogP contribution in [0, 0.1) is 6.92 Å². The average Bonchev–Trinajstić information content (AvgIpc) is 3.71. The summed E-state index contributed by atoms with van der Waals surface area (Å²) in [5.41, 5.74) is 3.58. The van der Waals surface area contributed by atoms with Gasteiger partial charge in [0, 0.05) is 30.3 Å². The lowest BCUT2D eigenvalue weighted by molar-refractivity contribution is -0.123. The maximum Gasteiger partial charge on any atom is 0.265 e. The molecule has 4 aromatic rings. The second-order valence-electron chi connectivity index (χ2n) is 15.8. The number of carbonyl (C=O) groups excluding carboxylic acids is 1. The van der Waals surface area contributed by atoms with Crippen LogP contribution in [0.5, 0.6) is 11.5 Å². The summed E-state index contributed by atoms with van der Waals surface area (Å²) in [6.07, 6.45) is 5.46. The van der Waals surface area contributed by atoms with Crippen LogP contribution in [-0.2, 0) is 30.4 Å². The van der Waals surface area contributed by atoms with Gasteiger partial charge in [-0.2, -0.15) is 4.63 Å². The van der Waals surface area contributed by atoms with Crippen molar-refractivity contribution >= 4 is 38.9 Å². The van der Waals surface area contributed by atoms with E-state index in [2.05, 4.69) is 85.8 Å². The van der Waals surface area contributed by atoms with E-state index >= 15 is 0 Å². The highest BCUT2D eigenvalue weighted by Gasteiger charge is 2.30. The van der Waals surface area contributed by atoms with E-state index in [-0.39, 0.29) is 47.1 Å². The number of amides is 1. The first-order chi connectivity index (χ1) is 26.5. The van der Waals surface area contributed by atoms with Crippen LogP contribution in [0.1, 0.15) is 136 Å².